The Morgan fingerprint density at radius 3 is 2.77 bits per heavy atom. The van der Waals surface area contributed by atoms with Gasteiger partial charge in [0.25, 0.3) is 5.91 Å². The first-order chi connectivity index (χ1) is 6.25. The number of carbonyl (C=O) groups excluding carboxylic acids is 1. The maximum absolute atomic E-state index is 11.8. The maximum atomic E-state index is 11.8. The quantitative estimate of drug-likeness (QED) is 0.760. The monoisotopic (exact) mass is 183 g/mol. The average Bonchev–Trinajstić information content (AvgIpc) is 2.15. The lowest BCUT2D eigenvalue weighted by molar-refractivity contribution is 0.0996. The topological polar surface area (TPSA) is 52.3 Å². The lowest BCUT2D eigenvalue weighted by atomic mass is 10.2. The van der Waals surface area contributed by atoms with Crippen molar-refractivity contribution in [3.63, 3.8) is 0 Å². The standard InChI is InChI=1S/C9H10FNO2/c10-5-6-13-8-4-2-1-3-7(8)9(11)12/h1-4H,5-6H2,(H2,11,12). The maximum Gasteiger partial charge on any atom is 0.252 e. The van der Waals surface area contributed by atoms with Crippen LogP contribution in [0.5, 0.6) is 5.75 Å². The Labute approximate surface area is 75.3 Å². The molecule has 1 aromatic carbocycles. The summed E-state index contributed by atoms with van der Waals surface area (Å²) in [5.74, 6) is -0.248. The molecule has 4 heteroatoms. The van der Waals surface area contributed by atoms with Gasteiger partial charge in [-0.25, -0.2) is 4.39 Å². The fourth-order valence-electron chi connectivity index (χ4n) is 0.945. The van der Waals surface area contributed by atoms with Gasteiger partial charge < -0.3 is 10.5 Å². The molecule has 1 rings (SSSR count). The molecule has 0 fully saturated rings. The van der Waals surface area contributed by atoms with E-state index in [1.807, 2.05) is 0 Å². The number of ether oxygens (including phenoxy) is 1. The van der Waals surface area contributed by atoms with Crippen LogP contribution in [-0.4, -0.2) is 19.2 Å². The number of amides is 1. The van der Waals surface area contributed by atoms with E-state index in [0.29, 0.717) is 5.75 Å². The van der Waals surface area contributed by atoms with E-state index in [4.69, 9.17) is 10.5 Å². The Morgan fingerprint density at radius 2 is 2.15 bits per heavy atom. The smallest absolute Gasteiger partial charge is 0.252 e. The number of carbonyl (C=O) groups is 1. The minimum absolute atomic E-state index is 0.0652. The summed E-state index contributed by atoms with van der Waals surface area (Å²) in [5.41, 5.74) is 5.35. The predicted molar refractivity (Wildman–Crippen MR) is 46.4 cm³/mol. The number of hydrogen-bond acceptors (Lipinski definition) is 2. The summed E-state index contributed by atoms with van der Waals surface area (Å²) in [7, 11) is 0. The molecule has 0 bridgehead atoms. The molecule has 2 N–H and O–H groups in total. The summed E-state index contributed by atoms with van der Waals surface area (Å²) in [6.45, 7) is -0.655. The highest BCUT2D eigenvalue weighted by Crippen LogP contribution is 2.16. The second-order valence-electron chi connectivity index (χ2n) is 2.40. The number of alkyl halides is 1. The Hall–Kier alpha value is -1.58. The molecule has 0 heterocycles. The summed E-state index contributed by atoms with van der Waals surface area (Å²) in [6, 6.07) is 6.48. The van der Waals surface area contributed by atoms with Crippen LogP contribution in [0.25, 0.3) is 0 Å². The van der Waals surface area contributed by atoms with Crippen LogP contribution in [0, 0.1) is 0 Å². The third-order valence-corrected chi connectivity index (χ3v) is 1.49. The first-order valence-corrected chi connectivity index (χ1v) is 3.83. The molecule has 0 unspecified atom stereocenters. The van der Waals surface area contributed by atoms with Crippen molar-refractivity contribution in [2.45, 2.75) is 0 Å². The molecule has 1 amide bonds. The highest BCUT2D eigenvalue weighted by atomic mass is 19.1. The SMILES string of the molecule is NC(=O)c1ccccc1OCCF. The van der Waals surface area contributed by atoms with Crippen molar-refractivity contribution in [2.24, 2.45) is 5.73 Å². The molecular weight excluding hydrogens is 173 g/mol. The van der Waals surface area contributed by atoms with Gasteiger partial charge in [-0.2, -0.15) is 0 Å². The normalized spacial score (nSPS) is 9.62. The van der Waals surface area contributed by atoms with Gasteiger partial charge in [0.1, 0.15) is 19.0 Å². The van der Waals surface area contributed by atoms with E-state index in [9.17, 15) is 9.18 Å². The van der Waals surface area contributed by atoms with Gasteiger partial charge in [0, 0.05) is 0 Å². The highest BCUT2D eigenvalue weighted by molar-refractivity contribution is 5.95. The Balaban J connectivity index is 2.84. The Bertz CT molecular complexity index is 301. The van der Waals surface area contributed by atoms with E-state index in [-0.39, 0.29) is 12.2 Å². The van der Waals surface area contributed by atoms with Crippen molar-refractivity contribution in [3.8, 4) is 5.75 Å². The van der Waals surface area contributed by atoms with Crippen LogP contribution in [0.2, 0.25) is 0 Å². The van der Waals surface area contributed by atoms with Crippen LogP contribution in [-0.2, 0) is 0 Å². The van der Waals surface area contributed by atoms with E-state index in [0.717, 1.165) is 0 Å². The van der Waals surface area contributed by atoms with E-state index in [2.05, 4.69) is 0 Å². The molecule has 0 saturated heterocycles. The highest BCUT2D eigenvalue weighted by Gasteiger charge is 2.07. The molecule has 0 spiro atoms. The van der Waals surface area contributed by atoms with Gasteiger partial charge in [0.05, 0.1) is 5.56 Å². The molecule has 1 aromatic rings. The second kappa shape index (κ2) is 4.45. The average molecular weight is 183 g/mol. The first kappa shape index (κ1) is 9.51. The lowest BCUT2D eigenvalue weighted by Crippen LogP contribution is -2.13. The summed E-state index contributed by atoms with van der Waals surface area (Å²) in [6.07, 6.45) is 0. The third kappa shape index (κ3) is 2.43. The third-order valence-electron chi connectivity index (χ3n) is 1.49. The molecule has 3 nitrogen and oxygen atoms in total. The number of benzene rings is 1. The van der Waals surface area contributed by atoms with Crippen molar-refractivity contribution in [1.29, 1.82) is 0 Å². The van der Waals surface area contributed by atoms with Gasteiger partial charge in [-0.3, -0.25) is 4.79 Å². The molecule has 0 aliphatic heterocycles. The zero-order chi connectivity index (χ0) is 9.68. The number of nitrogens with two attached hydrogens (primary N) is 1. The zero-order valence-corrected chi connectivity index (χ0v) is 7.00. The van der Waals surface area contributed by atoms with Crippen LogP contribution in [0.1, 0.15) is 10.4 Å². The lowest BCUT2D eigenvalue weighted by Gasteiger charge is -2.06. The van der Waals surface area contributed by atoms with E-state index in [1.54, 1.807) is 18.2 Å². The van der Waals surface area contributed by atoms with Gasteiger partial charge in [-0.15, -0.1) is 0 Å². The summed E-state index contributed by atoms with van der Waals surface area (Å²) < 4.78 is 16.7. The molecule has 13 heavy (non-hydrogen) atoms. The van der Waals surface area contributed by atoms with Crippen LogP contribution in [0.15, 0.2) is 24.3 Å². The van der Waals surface area contributed by atoms with Gasteiger partial charge in [-0.1, -0.05) is 12.1 Å². The molecule has 0 aliphatic rings. The summed E-state index contributed by atoms with van der Waals surface area (Å²) >= 11 is 0. The first-order valence-electron chi connectivity index (χ1n) is 3.83. The van der Waals surface area contributed by atoms with Gasteiger partial charge in [0.2, 0.25) is 0 Å². The molecule has 0 radical (unpaired) electrons. The van der Waals surface area contributed by atoms with Gasteiger partial charge in [-0.05, 0) is 12.1 Å². The summed E-state index contributed by atoms with van der Waals surface area (Å²) in [5, 5.41) is 0. The Kier molecular flexibility index (Phi) is 3.25. The van der Waals surface area contributed by atoms with Crippen LogP contribution >= 0.6 is 0 Å². The van der Waals surface area contributed by atoms with E-state index >= 15 is 0 Å². The minimum atomic E-state index is -0.590. The number of halogens is 1. The van der Waals surface area contributed by atoms with Crippen molar-refractivity contribution in [1.82, 2.24) is 0 Å². The zero-order valence-electron chi connectivity index (χ0n) is 7.00. The number of rotatable bonds is 4. The number of hydrogen-bond donors (Lipinski definition) is 1. The second-order valence-corrected chi connectivity index (χ2v) is 2.40. The van der Waals surface area contributed by atoms with Crippen LogP contribution in [0.4, 0.5) is 4.39 Å². The van der Waals surface area contributed by atoms with Crippen molar-refractivity contribution in [3.05, 3.63) is 29.8 Å². The molecule has 0 aromatic heterocycles. The molecule has 0 atom stereocenters. The fourth-order valence-corrected chi connectivity index (χ4v) is 0.945. The number of para-hydroxylation sites is 1. The van der Waals surface area contributed by atoms with Crippen LogP contribution < -0.4 is 10.5 Å². The molecular formula is C9H10FNO2. The predicted octanol–water partition coefficient (Wildman–Crippen LogP) is 1.13. The van der Waals surface area contributed by atoms with Gasteiger partial charge >= 0.3 is 0 Å². The van der Waals surface area contributed by atoms with E-state index < -0.39 is 12.6 Å². The Morgan fingerprint density at radius 1 is 1.46 bits per heavy atom. The van der Waals surface area contributed by atoms with Crippen molar-refractivity contribution >= 4 is 5.91 Å². The molecule has 0 aliphatic carbocycles. The summed E-state index contributed by atoms with van der Waals surface area (Å²) in [4.78, 5) is 10.8. The fraction of sp³-hybridized carbons (Fsp3) is 0.222. The molecule has 0 saturated carbocycles. The number of primary amides is 1. The van der Waals surface area contributed by atoms with Crippen molar-refractivity contribution in [2.75, 3.05) is 13.3 Å². The van der Waals surface area contributed by atoms with Crippen LogP contribution in [0.3, 0.4) is 0 Å². The largest absolute Gasteiger partial charge is 0.490 e. The van der Waals surface area contributed by atoms with E-state index in [1.165, 1.54) is 6.07 Å². The van der Waals surface area contributed by atoms with Gasteiger partial charge in [0.15, 0.2) is 0 Å². The van der Waals surface area contributed by atoms with Crippen molar-refractivity contribution < 1.29 is 13.9 Å². The minimum Gasteiger partial charge on any atom is -0.490 e. The molecule has 70 valence electrons.